The second-order valence-electron chi connectivity index (χ2n) is 3.81. The van der Waals surface area contributed by atoms with Crippen LogP contribution in [0, 0.1) is 0 Å². The van der Waals surface area contributed by atoms with Crippen molar-refractivity contribution in [3.8, 4) is 0 Å². The molecular formula is C9H18Cl3NO3. The second-order valence-corrected chi connectivity index (χ2v) is 6.32. The van der Waals surface area contributed by atoms with Crippen LogP contribution in [0.25, 0.3) is 0 Å². The summed E-state index contributed by atoms with van der Waals surface area (Å²) in [5.41, 5.74) is 0. The Balaban J connectivity index is 4.07. The van der Waals surface area contributed by atoms with Gasteiger partial charge in [-0.1, -0.05) is 34.8 Å². The number of halogens is 3. The number of aliphatic hydroxyl groups excluding tert-OH is 3. The van der Waals surface area contributed by atoms with Gasteiger partial charge >= 0.3 is 0 Å². The zero-order chi connectivity index (χ0) is 12.8. The van der Waals surface area contributed by atoms with E-state index < -0.39 is 16.0 Å². The van der Waals surface area contributed by atoms with Gasteiger partial charge in [-0.2, -0.15) is 0 Å². The molecule has 0 aliphatic heterocycles. The Morgan fingerprint density at radius 1 is 1.19 bits per heavy atom. The van der Waals surface area contributed by atoms with Crippen LogP contribution in [-0.4, -0.2) is 62.5 Å². The van der Waals surface area contributed by atoms with Gasteiger partial charge in [0.25, 0.3) is 0 Å². The predicted octanol–water partition coefficient (Wildman–Crippen LogP) is 0.783. The third-order valence-corrected chi connectivity index (χ3v) is 2.34. The van der Waals surface area contributed by atoms with Crippen molar-refractivity contribution in [2.24, 2.45) is 0 Å². The topological polar surface area (TPSA) is 63.9 Å². The summed E-state index contributed by atoms with van der Waals surface area (Å²) in [5, 5.41) is 27.7. The average Bonchev–Trinajstić information content (AvgIpc) is 1.98. The van der Waals surface area contributed by atoms with Crippen molar-refractivity contribution >= 4 is 34.8 Å². The number of alkyl halides is 3. The van der Waals surface area contributed by atoms with Gasteiger partial charge < -0.3 is 15.3 Å². The lowest BCUT2D eigenvalue weighted by atomic mass is 10.2. The molecule has 0 aliphatic carbocycles. The van der Waals surface area contributed by atoms with Crippen LogP contribution < -0.4 is 0 Å². The van der Waals surface area contributed by atoms with Gasteiger partial charge in [-0.05, 0) is 6.92 Å². The minimum Gasteiger partial charge on any atom is -0.395 e. The fraction of sp³-hybridized carbons (Fsp3) is 1.00. The van der Waals surface area contributed by atoms with E-state index in [1.807, 2.05) is 0 Å². The SMILES string of the molecule is CC(O)CN(CCO)CC(O)CC(Cl)(Cl)Cl. The third-order valence-electron chi connectivity index (χ3n) is 1.87. The van der Waals surface area contributed by atoms with Gasteiger partial charge in [0.05, 0.1) is 18.8 Å². The number of hydrogen-bond acceptors (Lipinski definition) is 4. The molecule has 98 valence electrons. The van der Waals surface area contributed by atoms with Crippen LogP contribution in [0.4, 0.5) is 0 Å². The first-order valence-corrected chi connectivity index (χ1v) is 6.14. The number of nitrogens with zero attached hydrogens (tertiary/aromatic N) is 1. The molecule has 16 heavy (non-hydrogen) atoms. The fourth-order valence-corrected chi connectivity index (χ4v) is 1.94. The minimum atomic E-state index is -1.49. The lowest BCUT2D eigenvalue weighted by Gasteiger charge is -2.26. The first-order valence-electron chi connectivity index (χ1n) is 5.00. The highest BCUT2D eigenvalue weighted by Crippen LogP contribution is 2.31. The van der Waals surface area contributed by atoms with Crippen LogP contribution in [-0.2, 0) is 0 Å². The van der Waals surface area contributed by atoms with Gasteiger partial charge in [-0.15, -0.1) is 0 Å². The Hall–Kier alpha value is 0.710. The van der Waals surface area contributed by atoms with Crippen molar-refractivity contribution < 1.29 is 15.3 Å². The molecule has 0 saturated heterocycles. The molecule has 0 aromatic rings. The molecule has 2 atom stereocenters. The molecule has 4 nitrogen and oxygen atoms in total. The van der Waals surface area contributed by atoms with Crippen LogP contribution in [0.15, 0.2) is 0 Å². The summed E-state index contributed by atoms with van der Waals surface area (Å²) in [6.07, 6.45) is -1.33. The van der Waals surface area contributed by atoms with Gasteiger partial charge in [0.1, 0.15) is 0 Å². The molecule has 0 rings (SSSR count). The molecule has 0 saturated carbocycles. The van der Waals surface area contributed by atoms with Crippen LogP contribution >= 0.6 is 34.8 Å². The minimum absolute atomic E-state index is 0.0133. The Labute approximate surface area is 111 Å². The van der Waals surface area contributed by atoms with Crippen molar-refractivity contribution in [2.45, 2.75) is 29.3 Å². The second kappa shape index (κ2) is 7.93. The number of rotatable bonds is 7. The van der Waals surface area contributed by atoms with Gasteiger partial charge in [-0.3, -0.25) is 4.90 Å². The van der Waals surface area contributed by atoms with E-state index in [-0.39, 0.29) is 19.6 Å². The van der Waals surface area contributed by atoms with Gasteiger partial charge in [0.2, 0.25) is 0 Å². The molecule has 0 aromatic carbocycles. The van der Waals surface area contributed by atoms with Crippen LogP contribution in [0.5, 0.6) is 0 Å². The van der Waals surface area contributed by atoms with Crippen molar-refractivity contribution in [2.75, 3.05) is 26.2 Å². The highest BCUT2D eigenvalue weighted by atomic mass is 35.6. The Kier molecular flexibility index (Phi) is 8.28. The molecule has 0 fully saturated rings. The van der Waals surface area contributed by atoms with E-state index in [2.05, 4.69) is 0 Å². The largest absolute Gasteiger partial charge is 0.395 e. The van der Waals surface area contributed by atoms with Gasteiger partial charge in [0.15, 0.2) is 3.79 Å². The van der Waals surface area contributed by atoms with Crippen molar-refractivity contribution in [1.82, 2.24) is 4.90 Å². The van der Waals surface area contributed by atoms with Crippen molar-refractivity contribution in [3.63, 3.8) is 0 Å². The van der Waals surface area contributed by atoms with Gasteiger partial charge in [-0.25, -0.2) is 0 Å². The summed E-state index contributed by atoms with van der Waals surface area (Å²) in [6.45, 7) is 2.55. The van der Waals surface area contributed by atoms with E-state index in [9.17, 15) is 10.2 Å². The molecule has 0 aromatic heterocycles. The summed E-state index contributed by atoms with van der Waals surface area (Å²) in [7, 11) is 0. The number of hydrogen-bond donors (Lipinski definition) is 3. The summed E-state index contributed by atoms with van der Waals surface area (Å²) in [5.74, 6) is 0. The summed E-state index contributed by atoms with van der Waals surface area (Å²) in [4.78, 5) is 1.71. The zero-order valence-electron chi connectivity index (χ0n) is 9.11. The third kappa shape index (κ3) is 9.90. The van der Waals surface area contributed by atoms with E-state index >= 15 is 0 Å². The zero-order valence-corrected chi connectivity index (χ0v) is 11.4. The van der Waals surface area contributed by atoms with Crippen molar-refractivity contribution in [3.05, 3.63) is 0 Å². The van der Waals surface area contributed by atoms with E-state index in [1.54, 1.807) is 11.8 Å². The molecule has 0 heterocycles. The molecule has 7 heteroatoms. The molecular weight excluding hydrogens is 276 g/mol. The molecule has 0 radical (unpaired) electrons. The summed E-state index contributed by atoms with van der Waals surface area (Å²) in [6, 6.07) is 0. The average molecular weight is 295 g/mol. The molecule has 0 aliphatic rings. The Bertz CT molecular complexity index is 187. The predicted molar refractivity (Wildman–Crippen MR) is 66.1 cm³/mol. The van der Waals surface area contributed by atoms with Crippen LogP contribution in [0.1, 0.15) is 13.3 Å². The maximum absolute atomic E-state index is 9.64. The van der Waals surface area contributed by atoms with E-state index in [4.69, 9.17) is 39.9 Å². The summed E-state index contributed by atoms with van der Waals surface area (Å²) >= 11 is 16.6. The van der Waals surface area contributed by atoms with Crippen molar-refractivity contribution in [1.29, 1.82) is 0 Å². The smallest absolute Gasteiger partial charge is 0.193 e. The maximum atomic E-state index is 9.64. The monoisotopic (exact) mass is 293 g/mol. The van der Waals surface area contributed by atoms with E-state index in [0.29, 0.717) is 13.1 Å². The molecule has 0 spiro atoms. The lowest BCUT2D eigenvalue weighted by molar-refractivity contribution is 0.0628. The molecule has 2 unspecified atom stereocenters. The molecule has 3 N–H and O–H groups in total. The Morgan fingerprint density at radius 3 is 2.12 bits per heavy atom. The van der Waals surface area contributed by atoms with Gasteiger partial charge in [0, 0.05) is 26.1 Å². The molecule has 0 amide bonds. The Morgan fingerprint density at radius 2 is 1.75 bits per heavy atom. The summed E-state index contributed by atoms with van der Waals surface area (Å²) < 4.78 is -1.49. The standard InChI is InChI=1S/C9H18Cl3NO3/c1-7(15)5-13(2-3-14)6-8(16)4-9(10,11)12/h7-8,14-16H,2-6H2,1H3. The van der Waals surface area contributed by atoms with Crippen LogP contribution in [0.3, 0.4) is 0 Å². The highest BCUT2D eigenvalue weighted by Gasteiger charge is 2.25. The quantitative estimate of drug-likeness (QED) is 0.607. The lowest BCUT2D eigenvalue weighted by Crippen LogP contribution is -2.40. The first kappa shape index (κ1) is 16.7. The van der Waals surface area contributed by atoms with E-state index in [0.717, 1.165) is 0 Å². The maximum Gasteiger partial charge on any atom is 0.193 e. The number of aliphatic hydroxyl groups is 3. The van der Waals surface area contributed by atoms with E-state index in [1.165, 1.54) is 0 Å². The molecule has 0 bridgehead atoms. The normalized spacial score (nSPS) is 16.5. The highest BCUT2D eigenvalue weighted by molar-refractivity contribution is 6.67. The van der Waals surface area contributed by atoms with Crippen LogP contribution in [0.2, 0.25) is 0 Å². The fourth-order valence-electron chi connectivity index (χ4n) is 1.40. The first-order chi connectivity index (χ1) is 7.24.